The van der Waals surface area contributed by atoms with Crippen molar-refractivity contribution in [3.05, 3.63) is 0 Å². The average Bonchev–Trinajstić information content (AvgIpc) is 3.03. The molecule has 49 heavy (non-hydrogen) atoms. The molecule has 0 aliphatic rings. The number of carbonyl (C=O) groups excluding carboxylic acids is 3. The molecule has 0 radical (unpaired) electrons. The van der Waals surface area contributed by atoms with Gasteiger partial charge in [0.1, 0.15) is 0 Å². The Hall–Kier alpha value is -1.71. The first-order valence-corrected chi connectivity index (χ1v) is 18.6. The van der Waals surface area contributed by atoms with Crippen LogP contribution in [-0.2, 0) is 23.9 Å². The lowest BCUT2D eigenvalue weighted by molar-refractivity contribution is -0.144. The Kier molecular flexibility index (Phi) is 51.9. The summed E-state index contributed by atoms with van der Waals surface area (Å²) in [6, 6.07) is 2.05. The maximum atomic E-state index is 11.0. The normalized spacial score (nSPS) is 10.2. The lowest BCUT2D eigenvalue weighted by Crippen LogP contribution is -2.32. The topological polar surface area (TPSA) is 82.6 Å². The average molecular weight is 709 g/mol. The number of ether oxygens (including phenoxy) is 2. The molecule has 0 N–H and O–H groups in total. The molecule has 302 valence electrons. The molecule has 0 saturated carbocycles. The van der Waals surface area contributed by atoms with E-state index < -0.39 is 0 Å². The van der Waals surface area contributed by atoms with Gasteiger partial charge in [0.25, 0.3) is 0 Å². The van der Waals surface area contributed by atoms with Crippen LogP contribution in [0.2, 0.25) is 0 Å². The van der Waals surface area contributed by atoms with Gasteiger partial charge < -0.3 is 29.1 Å². The molecule has 9 nitrogen and oxygen atoms in total. The van der Waals surface area contributed by atoms with Gasteiger partial charge in [-0.25, -0.2) is 0 Å². The fraction of sp³-hybridized carbons (Fsp3) is 0.925. The predicted octanol–water partition coefficient (Wildman–Crippen LogP) is 8.84. The second kappa shape index (κ2) is 40.7. The highest BCUT2D eigenvalue weighted by Crippen LogP contribution is 1.99. The van der Waals surface area contributed by atoms with E-state index in [9.17, 15) is 14.4 Å². The monoisotopic (exact) mass is 709 g/mol. The molecule has 0 heterocycles. The molecule has 0 aromatic carbocycles. The highest BCUT2D eigenvalue weighted by atomic mass is 16.5. The fourth-order valence-electron chi connectivity index (χ4n) is 2.31. The van der Waals surface area contributed by atoms with Gasteiger partial charge in [0.15, 0.2) is 0 Å². The highest BCUT2D eigenvalue weighted by molar-refractivity contribution is 5.77. The molecule has 0 unspecified atom stereocenters. The van der Waals surface area contributed by atoms with Crippen LogP contribution in [0.25, 0.3) is 0 Å². The van der Waals surface area contributed by atoms with Crippen molar-refractivity contribution < 1.29 is 23.9 Å². The van der Waals surface area contributed by atoms with Crippen LogP contribution in [0.1, 0.15) is 138 Å². The van der Waals surface area contributed by atoms with Crippen molar-refractivity contribution in [2.75, 3.05) is 62.5 Å². The predicted molar refractivity (Wildman–Crippen MR) is 217 cm³/mol. The van der Waals surface area contributed by atoms with Crippen LogP contribution in [-0.4, -0.2) is 124 Å². The molecule has 0 bridgehead atoms. The molecule has 0 aromatic heterocycles. The number of carbonyl (C=O) groups is 3. The van der Waals surface area contributed by atoms with Gasteiger partial charge in [-0.05, 0) is 88.9 Å². The van der Waals surface area contributed by atoms with Gasteiger partial charge in [0, 0.05) is 64.8 Å². The van der Waals surface area contributed by atoms with Crippen molar-refractivity contribution in [3.63, 3.8) is 0 Å². The molecule has 0 aliphatic carbocycles. The standard InChI is InChI=1S/C7H15NO.C7H17N.C6H13NO.C6H15N.C5H10O2.C5H12.C4H10O/c1-5-8(4)7(9)6(2)3;1-6(2)8(5)7(3)4;1-5(2)6(8)7(3)4;1-5-7(4)6(2)3;1-4(2)5(6)7-3;1-4-5(2)3;1-4(2)5-3/h6H,5H2,1-4H3;6-7H,1-5H3;5H,1-4H3;6H,5H2,1-4H3;4H,1-3H3;5H,4H2,1-3H3;4H,1-3H3. The van der Waals surface area contributed by atoms with Crippen LogP contribution in [0.5, 0.6) is 0 Å². The van der Waals surface area contributed by atoms with E-state index in [-0.39, 0.29) is 35.5 Å². The summed E-state index contributed by atoms with van der Waals surface area (Å²) in [7, 11) is 12.7. The summed E-state index contributed by atoms with van der Waals surface area (Å²) in [6.07, 6.45) is 1.69. The Bertz CT molecular complexity index is 681. The zero-order chi connectivity index (χ0) is 41.2. The molecule has 0 fully saturated rings. The minimum absolute atomic E-state index is 0.00463. The second-order valence-electron chi connectivity index (χ2n) is 14.7. The van der Waals surface area contributed by atoms with Crippen LogP contribution in [0.4, 0.5) is 0 Å². The fourth-order valence-corrected chi connectivity index (χ4v) is 2.31. The summed E-state index contributed by atoms with van der Waals surface area (Å²) in [4.78, 5) is 40.0. The van der Waals surface area contributed by atoms with Crippen molar-refractivity contribution >= 4 is 17.8 Å². The minimum atomic E-state index is -0.153. The first-order chi connectivity index (χ1) is 22.1. The van der Waals surface area contributed by atoms with E-state index in [0.29, 0.717) is 24.2 Å². The van der Waals surface area contributed by atoms with Crippen LogP contribution >= 0.6 is 0 Å². The molecule has 0 spiro atoms. The van der Waals surface area contributed by atoms with E-state index in [1.807, 2.05) is 55.5 Å². The molecule has 9 heteroatoms. The summed E-state index contributed by atoms with van der Waals surface area (Å²) in [5, 5.41) is 0. The number of esters is 1. The van der Waals surface area contributed by atoms with Gasteiger partial charge in [0.2, 0.25) is 11.8 Å². The third-order valence-corrected chi connectivity index (χ3v) is 7.25. The van der Waals surface area contributed by atoms with Crippen molar-refractivity contribution in [2.45, 2.75) is 162 Å². The maximum Gasteiger partial charge on any atom is 0.308 e. The van der Waals surface area contributed by atoms with Gasteiger partial charge in [-0.3, -0.25) is 14.4 Å². The quantitative estimate of drug-likeness (QED) is 0.210. The lowest BCUT2D eigenvalue weighted by atomic mass is 10.2. The maximum absolute atomic E-state index is 11.0. The van der Waals surface area contributed by atoms with E-state index in [1.54, 1.807) is 44.9 Å². The summed E-state index contributed by atoms with van der Waals surface area (Å²) in [6.45, 7) is 41.2. The zero-order valence-electron chi connectivity index (χ0n) is 38.1. The number of nitrogens with zero attached hydrogens (tertiary/aromatic N) is 4. The number of methoxy groups -OCH3 is 2. The largest absolute Gasteiger partial charge is 0.469 e. The van der Waals surface area contributed by atoms with Gasteiger partial charge in [-0.1, -0.05) is 75.7 Å². The van der Waals surface area contributed by atoms with E-state index in [4.69, 9.17) is 4.74 Å². The number of hydrogen-bond donors (Lipinski definition) is 0. The van der Waals surface area contributed by atoms with Crippen molar-refractivity contribution in [2.24, 2.45) is 23.7 Å². The van der Waals surface area contributed by atoms with Crippen LogP contribution < -0.4 is 0 Å². The summed E-state index contributed by atoms with van der Waals surface area (Å²) in [5.41, 5.74) is 0. The van der Waals surface area contributed by atoms with Crippen LogP contribution in [0.3, 0.4) is 0 Å². The number of rotatable bonds is 10. The van der Waals surface area contributed by atoms with Gasteiger partial charge in [0.05, 0.1) is 19.1 Å². The lowest BCUT2D eigenvalue weighted by Gasteiger charge is -2.24. The molecule has 2 amide bonds. The van der Waals surface area contributed by atoms with Crippen molar-refractivity contribution in [1.29, 1.82) is 0 Å². The van der Waals surface area contributed by atoms with E-state index in [2.05, 4.69) is 97.9 Å². The molecule has 0 aromatic rings. The Morgan fingerprint density at radius 3 is 0.878 bits per heavy atom. The Morgan fingerprint density at radius 2 is 0.857 bits per heavy atom. The first-order valence-electron chi connectivity index (χ1n) is 18.6. The summed E-state index contributed by atoms with van der Waals surface area (Å²) >= 11 is 0. The molecule has 0 atom stereocenters. The number of hydrogen-bond acceptors (Lipinski definition) is 7. The third kappa shape index (κ3) is 55.9. The molecular formula is C40H92N4O5. The second-order valence-corrected chi connectivity index (χ2v) is 14.7. The van der Waals surface area contributed by atoms with Gasteiger partial charge in [-0.15, -0.1) is 0 Å². The van der Waals surface area contributed by atoms with Crippen LogP contribution in [0, 0.1) is 23.7 Å². The van der Waals surface area contributed by atoms with Crippen molar-refractivity contribution in [3.8, 4) is 0 Å². The van der Waals surface area contributed by atoms with E-state index in [0.717, 1.165) is 19.0 Å². The Labute approximate surface area is 309 Å². The van der Waals surface area contributed by atoms with Crippen molar-refractivity contribution in [1.82, 2.24) is 19.6 Å². The van der Waals surface area contributed by atoms with Gasteiger partial charge >= 0.3 is 5.97 Å². The van der Waals surface area contributed by atoms with E-state index >= 15 is 0 Å². The Morgan fingerprint density at radius 1 is 0.531 bits per heavy atom. The SMILES string of the molecule is CC(C)C(=O)N(C)C.CC(C)N(C)C(C)C.CCC(C)C.CCN(C)C(=O)C(C)C.CCN(C)C(C)C.COC(=O)C(C)C.COC(C)C. The third-order valence-electron chi connectivity index (χ3n) is 7.25. The minimum Gasteiger partial charge on any atom is -0.469 e. The smallest absolute Gasteiger partial charge is 0.308 e. The first kappa shape index (κ1) is 62.4. The summed E-state index contributed by atoms with van der Waals surface area (Å²) < 4.78 is 9.12. The molecule has 0 rings (SSSR count). The molecule has 0 aliphatic heterocycles. The van der Waals surface area contributed by atoms with Gasteiger partial charge in [-0.2, -0.15) is 0 Å². The molecular weight excluding hydrogens is 616 g/mol. The zero-order valence-corrected chi connectivity index (χ0v) is 38.1. The summed E-state index contributed by atoms with van der Waals surface area (Å²) in [5.74, 6) is 1.41. The molecule has 0 saturated heterocycles. The van der Waals surface area contributed by atoms with E-state index in [1.165, 1.54) is 13.5 Å². The number of amides is 2. The van der Waals surface area contributed by atoms with Crippen LogP contribution in [0.15, 0.2) is 0 Å². The Balaban J connectivity index is -0.0000000848. The highest BCUT2D eigenvalue weighted by Gasteiger charge is 2.10.